The summed E-state index contributed by atoms with van der Waals surface area (Å²) in [6, 6.07) is 9.35. The van der Waals surface area contributed by atoms with Crippen LogP contribution in [0.15, 0.2) is 39.3 Å². The lowest BCUT2D eigenvalue weighted by molar-refractivity contribution is -0.139. The number of aryl methyl sites for hydroxylation is 1. The van der Waals surface area contributed by atoms with Gasteiger partial charge >= 0.3 is 5.97 Å². The van der Waals surface area contributed by atoms with Crippen molar-refractivity contribution in [3.05, 3.63) is 56.0 Å². The van der Waals surface area contributed by atoms with E-state index in [1.165, 1.54) is 0 Å². The second kappa shape index (κ2) is 7.01. The van der Waals surface area contributed by atoms with E-state index in [0.29, 0.717) is 20.3 Å². The number of hydrogen-bond donors (Lipinski definition) is 2. The van der Waals surface area contributed by atoms with E-state index < -0.39 is 12.6 Å². The number of anilines is 1. The highest BCUT2D eigenvalue weighted by atomic mass is 79.9. The van der Waals surface area contributed by atoms with Crippen molar-refractivity contribution >= 4 is 61.1 Å². The van der Waals surface area contributed by atoms with Crippen molar-refractivity contribution in [2.45, 2.75) is 6.92 Å². The fraction of sp³-hybridized carbons (Fsp3) is 0.111. The molecule has 2 N–H and O–H groups in total. The molecular weight excluding hydrogens is 454 g/mol. The summed E-state index contributed by atoms with van der Waals surface area (Å²) in [7, 11) is 0. The highest BCUT2D eigenvalue weighted by Gasteiger charge is 2.24. The summed E-state index contributed by atoms with van der Waals surface area (Å²) in [5.41, 5.74) is 4.09. The van der Waals surface area contributed by atoms with Crippen LogP contribution >= 0.6 is 31.9 Å². The first kappa shape index (κ1) is 17.7. The Balaban J connectivity index is 1.98. The van der Waals surface area contributed by atoms with Crippen LogP contribution in [0, 0.1) is 6.92 Å². The third-order valence-corrected chi connectivity index (χ3v) is 4.81. The number of amides is 1. The highest BCUT2D eigenvalue weighted by molar-refractivity contribution is 9.11. The van der Waals surface area contributed by atoms with E-state index >= 15 is 0 Å². The predicted octanol–water partition coefficient (Wildman–Crippen LogP) is 4.48. The Bertz CT molecular complexity index is 898. The van der Waals surface area contributed by atoms with Crippen LogP contribution in [0.3, 0.4) is 0 Å². The van der Waals surface area contributed by atoms with Gasteiger partial charge in [-0.2, -0.15) is 0 Å². The van der Waals surface area contributed by atoms with Gasteiger partial charge in [-0.05, 0) is 74.7 Å². The van der Waals surface area contributed by atoms with E-state index in [0.717, 1.165) is 22.4 Å². The molecule has 0 spiro atoms. The Morgan fingerprint density at radius 3 is 2.56 bits per heavy atom. The molecule has 0 saturated carbocycles. The molecular formula is C18H13Br2NO4. The zero-order chi connectivity index (χ0) is 18.1. The number of carbonyl (C=O) groups excluding carboxylic acids is 1. The maximum Gasteiger partial charge on any atom is 0.341 e. The average Bonchev–Trinajstić information content (AvgIpc) is 2.82. The molecule has 0 radical (unpaired) electrons. The van der Waals surface area contributed by atoms with Gasteiger partial charge in [0.2, 0.25) is 0 Å². The minimum Gasteiger partial charge on any atom is -0.480 e. The van der Waals surface area contributed by atoms with Crippen molar-refractivity contribution in [1.29, 1.82) is 0 Å². The van der Waals surface area contributed by atoms with E-state index in [9.17, 15) is 9.59 Å². The van der Waals surface area contributed by atoms with Gasteiger partial charge in [-0.1, -0.05) is 11.6 Å². The average molecular weight is 467 g/mol. The molecule has 5 nitrogen and oxygen atoms in total. The molecule has 0 unspecified atom stereocenters. The number of hydrogen-bond acceptors (Lipinski definition) is 3. The molecule has 1 heterocycles. The van der Waals surface area contributed by atoms with Gasteiger partial charge in [-0.25, -0.2) is 4.79 Å². The Labute approximate surface area is 160 Å². The van der Waals surface area contributed by atoms with Crippen molar-refractivity contribution in [2.24, 2.45) is 0 Å². The lowest BCUT2D eigenvalue weighted by atomic mass is 10.0. The quantitative estimate of drug-likeness (QED) is 0.651. The van der Waals surface area contributed by atoms with Gasteiger partial charge in [0.15, 0.2) is 6.61 Å². The van der Waals surface area contributed by atoms with Gasteiger partial charge in [-0.3, -0.25) is 4.79 Å². The number of benzene rings is 2. The first-order valence-electron chi connectivity index (χ1n) is 7.33. The SMILES string of the molecule is Cc1ccc2c(c1)/C(=C/c1cc(Br)c(OCC(=O)O)c(Br)c1)C(=O)N2. The van der Waals surface area contributed by atoms with Crippen molar-refractivity contribution in [3.8, 4) is 5.75 Å². The Hall–Kier alpha value is -2.12. The van der Waals surface area contributed by atoms with Gasteiger partial charge in [-0.15, -0.1) is 0 Å². The van der Waals surface area contributed by atoms with E-state index in [2.05, 4.69) is 37.2 Å². The number of carboxylic acids is 1. The van der Waals surface area contributed by atoms with Crippen molar-refractivity contribution in [3.63, 3.8) is 0 Å². The molecule has 2 aromatic carbocycles. The smallest absolute Gasteiger partial charge is 0.341 e. The summed E-state index contributed by atoms with van der Waals surface area (Å²) in [6.07, 6.45) is 1.79. The molecule has 25 heavy (non-hydrogen) atoms. The number of carboxylic acid groups (broad SMARTS) is 1. The topological polar surface area (TPSA) is 75.6 Å². The van der Waals surface area contributed by atoms with E-state index in [-0.39, 0.29) is 5.91 Å². The minimum absolute atomic E-state index is 0.154. The molecule has 7 heteroatoms. The number of ether oxygens (including phenoxy) is 1. The lowest BCUT2D eigenvalue weighted by Gasteiger charge is -2.10. The maximum absolute atomic E-state index is 12.3. The highest BCUT2D eigenvalue weighted by Crippen LogP contribution is 2.38. The second-order valence-electron chi connectivity index (χ2n) is 5.56. The van der Waals surface area contributed by atoms with E-state index in [1.54, 1.807) is 18.2 Å². The van der Waals surface area contributed by atoms with E-state index in [4.69, 9.17) is 9.84 Å². The number of rotatable bonds is 4. The molecule has 1 aliphatic heterocycles. The Morgan fingerprint density at radius 2 is 1.92 bits per heavy atom. The summed E-state index contributed by atoms with van der Waals surface area (Å²) < 4.78 is 6.44. The summed E-state index contributed by atoms with van der Waals surface area (Å²) in [4.78, 5) is 22.9. The first-order chi connectivity index (χ1) is 11.8. The number of halogens is 2. The van der Waals surface area contributed by atoms with Crippen LogP contribution in [0.4, 0.5) is 5.69 Å². The van der Waals surface area contributed by atoms with Crippen LogP contribution in [0.5, 0.6) is 5.75 Å². The van der Waals surface area contributed by atoms with Crippen LogP contribution in [0.2, 0.25) is 0 Å². The predicted molar refractivity (Wildman–Crippen MR) is 103 cm³/mol. The molecule has 1 amide bonds. The molecule has 0 saturated heterocycles. The number of fused-ring (bicyclic) bond motifs is 1. The van der Waals surface area contributed by atoms with Crippen LogP contribution in [0.1, 0.15) is 16.7 Å². The van der Waals surface area contributed by atoms with Crippen LogP contribution in [-0.4, -0.2) is 23.6 Å². The fourth-order valence-corrected chi connectivity index (χ4v) is 4.00. The molecule has 2 aromatic rings. The van der Waals surface area contributed by atoms with Gasteiger partial charge in [0, 0.05) is 16.8 Å². The zero-order valence-electron chi connectivity index (χ0n) is 13.1. The van der Waals surface area contributed by atoms with Gasteiger partial charge < -0.3 is 15.2 Å². The largest absolute Gasteiger partial charge is 0.480 e. The molecule has 1 aliphatic rings. The van der Waals surface area contributed by atoms with Crippen molar-refractivity contribution in [1.82, 2.24) is 0 Å². The standard InChI is InChI=1S/C18H13Br2NO4/c1-9-2-3-15-11(4-9)12(18(24)21-15)5-10-6-13(19)17(14(20)7-10)25-8-16(22)23/h2-7H,8H2,1H3,(H,21,24)(H,22,23)/b12-5-. The Morgan fingerprint density at radius 1 is 1.24 bits per heavy atom. The summed E-state index contributed by atoms with van der Waals surface area (Å²) in [5.74, 6) is -0.810. The normalized spacial score (nSPS) is 14.4. The monoisotopic (exact) mass is 465 g/mol. The van der Waals surface area contributed by atoms with Crippen molar-refractivity contribution < 1.29 is 19.4 Å². The summed E-state index contributed by atoms with van der Waals surface area (Å²) in [6.45, 7) is 1.54. The Kier molecular flexibility index (Phi) is 4.96. The van der Waals surface area contributed by atoms with E-state index in [1.807, 2.05) is 25.1 Å². The second-order valence-corrected chi connectivity index (χ2v) is 7.27. The zero-order valence-corrected chi connectivity index (χ0v) is 16.3. The van der Waals surface area contributed by atoms with Gasteiger partial charge in [0.25, 0.3) is 5.91 Å². The molecule has 0 atom stereocenters. The molecule has 128 valence electrons. The maximum atomic E-state index is 12.3. The number of aliphatic carboxylic acids is 1. The molecule has 0 aromatic heterocycles. The molecule has 3 rings (SSSR count). The molecule has 0 bridgehead atoms. The summed E-state index contributed by atoms with van der Waals surface area (Å²) in [5, 5.41) is 11.6. The first-order valence-corrected chi connectivity index (χ1v) is 8.91. The lowest BCUT2D eigenvalue weighted by Crippen LogP contribution is -2.10. The van der Waals surface area contributed by atoms with Crippen LogP contribution < -0.4 is 10.1 Å². The third-order valence-electron chi connectivity index (χ3n) is 3.63. The van der Waals surface area contributed by atoms with Crippen LogP contribution in [0.25, 0.3) is 11.6 Å². The molecule has 0 fully saturated rings. The number of nitrogens with one attached hydrogen (secondary N) is 1. The number of carbonyl (C=O) groups is 2. The minimum atomic E-state index is -1.06. The van der Waals surface area contributed by atoms with Gasteiger partial charge in [0.05, 0.1) is 8.95 Å². The van der Waals surface area contributed by atoms with Crippen molar-refractivity contribution in [2.75, 3.05) is 11.9 Å². The van der Waals surface area contributed by atoms with Crippen LogP contribution in [-0.2, 0) is 9.59 Å². The molecule has 0 aliphatic carbocycles. The third kappa shape index (κ3) is 3.77. The van der Waals surface area contributed by atoms with Gasteiger partial charge in [0.1, 0.15) is 5.75 Å². The fourth-order valence-electron chi connectivity index (χ4n) is 2.55. The summed E-state index contributed by atoms with van der Waals surface area (Å²) >= 11 is 6.76.